The van der Waals surface area contributed by atoms with Crippen LogP contribution in [0.5, 0.6) is 0 Å². The number of nitrogens with one attached hydrogen (secondary N) is 1. The van der Waals surface area contributed by atoms with E-state index in [9.17, 15) is 9.59 Å². The predicted molar refractivity (Wildman–Crippen MR) is 99.3 cm³/mol. The fourth-order valence-corrected chi connectivity index (χ4v) is 2.88. The normalized spacial score (nSPS) is 18.3. The van der Waals surface area contributed by atoms with Crippen LogP contribution in [0.25, 0.3) is 11.3 Å². The van der Waals surface area contributed by atoms with Gasteiger partial charge in [-0.05, 0) is 24.8 Å². The van der Waals surface area contributed by atoms with Gasteiger partial charge in [-0.1, -0.05) is 31.2 Å². The van der Waals surface area contributed by atoms with Crippen LogP contribution in [0, 0.1) is 18.8 Å². The highest BCUT2D eigenvalue weighted by molar-refractivity contribution is 5.99. The molecule has 26 heavy (non-hydrogen) atoms. The molecule has 6 heteroatoms. The summed E-state index contributed by atoms with van der Waals surface area (Å²) in [5.74, 6) is 1.30. The van der Waals surface area contributed by atoms with Crippen molar-refractivity contribution < 1.29 is 9.59 Å². The number of benzene rings is 1. The quantitative estimate of drug-likeness (QED) is 0.897. The Bertz CT molecular complexity index is 830. The molecule has 2 amide bonds. The van der Waals surface area contributed by atoms with Crippen molar-refractivity contribution in [2.45, 2.75) is 26.8 Å². The van der Waals surface area contributed by atoms with Gasteiger partial charge in [-0.3, -0.25) is 9.59 Å². The number of rotatable bonds is 5. The smallest absolute Gasteiger partial charge is 0.257 e. The maximum Gasteiger partial charge on any atom is 0.257 e. The Balaban J connectivity index is 1.77. The molecule has 0 radical (unpaired) electrons. The van der Waals surface area contributed by atoms with E-state index < -0.39 is 0 Å². The molecule has 1 aromatic carbocycles. The lowest BCUT2D eigenvalue weighted by Crippen LogP contribution is -2.24. The van der Waals surface area contributed by atoms with Gasteiger partial charge >= 0.3 is 0 Å². The van der Waals surface area contributed by atoms with E-state index in [4.69, 9.17) is 0 Å². The minimum absolute atomic E-state index is 0.130. The molecule has 2 unspecified atom stereocenters. The number of aryl methyl sites for hydroxylation is 1. The molecule has 1 saturated carbocycles. The Morgan fingerprint density at radius 1 is 1.23 bits per heavy atom. The number of hydrogen-bond acceptors (Lipinski definition) is 4. The van der Waals surface area contributed by atoms with Crippen LogP contribution in [0.4, 0.5) is 0 Å². The van der Waals surface area contributed by atoms with Crippen LogP contribution < -0.4 is 5.32 Å². The van der Waals surface area contributed by atoms with E-state index in [0.29, 0.717) is 29.5 Å². The summed E-state index contributed by atoms with van der Waals surface area (Å²) in [5.41, 5.74) is 2.97. The molecule has 2 atom stereocenters. The SMILES string of the molecule is Cc1ncc(C(=O)N(C)C)c(-c2ccc(CNC(=O)C3CC3C)cc2)n1. The predicted octanol–water partition coefficient (Wildman–Crippen LogP) is 2.43. The highest BCUT2D eigenvalue weighted by atomic mass is 16.2. The molecule has 2 aromatic rings. The summed E-state index contributed by atoms with van der Waals surface area (Å²) in [7, 11) is 3.41. The second kappa shape index (κ2) is 7.23. The molecule has 1 N–H and O–H groups in total. The van der Waals surface area contributed by atoms with Gasteiger partial charge in [0.05, 0.1) is 11.3 Å². The van der Waals surface area contributed by atoms with E-state index in [1.165, 1.54) is 4.90 Å². The molecule has 1 fully saturated rings. The molecule has 1 heterocycles. The molecule has 1 aromatic heterocycles. The van der Waals surface area contributed by atoms with Crippen LogP contribution in [-0.2, 0) is 11.3 Å². The number of amides is 2. The Morgan fingerprint density at radius 2 is 1.88 bits per heavy atom. The zero-order chi connectivity index (χ0) is 18.8. The van der Waals surface area contributed by atoms with Gasteiger partial charge in [0.15, 0.2) is 0 Å². The van der Waals surface area contributed by atoms with E-state index >= 15 is 0 Å². The van der Waals surface area contributed by atoms with Crippen molar-refractivity contribution in [3.05, 3.63) is 47.4 Å². The fraction of sp³-hybridized carbons (Fsp3) is 0.400. The third-order valence-corrected chi connectivity index (χ3v) is 4.69. The third-order valence-electron chi connectivity index (χ3n) is 4.69. The van der Waals surface area contributed by atoms with Crippen molar-refractivity contribution in [1.82, 2.24) is 20.2 Å². The summed E-state index contributed by atoms with van der Waals surface area (Å²) in [5, 5.41) is 2.98. The van der Waals surface area contributed by atoms with Gasteiger partial charge in [0.25, 0.3) is 5.91 Å². The van der Waals surface area contributed by atoms with Gasteiger partial charge in [0, 0.05) is 38.3 Å². The number of carbonyl (C=O) groups is 2. The molecule has 136 valence electrons. The minimum Gasteiger partial charge on any atom is -0.352 e. The summed E-state index contributed by atoms with van der Waals surface area (Å²) in [6.45, 7) is 4.40. The lowest BCUT2D eigenvalue weighted by molar-refractivity contribution is -0.122. The molecule has 1 aliphatic rings. The highest BCUT2D eigenvalue weighted by Gasteiger charge is 2.38. The Hall–Kier alpha value is -2.76. The average molecular weight is 352 g/mol. The number of aromatic nitrogens is 2. The van der Waals surface area contributed by atoms with E-state index in [1.807, 2.05) is 24.3 Å². The lowest BCUT2D eigenvalue weighted by Gasteiger charge is -2.14. The van der Waals surface area contributed by atoms with Crippen molar-refractivity contribution in [2.75, 3.05) is 14.1 Å². The Labute approximate surface area is 153 Å². The van der Waals surface area contributed by atoms with Crippen molar-refractivity contribution >= 4 is 11.8 Å². The summed E-state index contributed by atoms with van der Waals surface area (Å²) < 4.78 is 0. The molecule has 3 rings (SSSR count). The van der Waals surface area contributed by atoms with Crippen molar-refractivity contribution in [2.24, 2.45) is 11.8 Å². The van der Waals surface area contributed by atoms with Crippen LogP contribution >= 0.6 is 0 Å². The van der Waals surface area contributed by atoms with Crippen molar-refractivity contribution in [1.29, 1.82) is 0 Å². The van der Waals surface area contributed by atoms with Crippen LogP contribution in [0.1, 0.15) is 35.1 Å². The molecule has 0 saturated heterocycles. The number of nitrogens with zero attached hydrogens (tertiary/aromatic N) is 3. The van der Waals surface area contributed by atoms with Crippen molar-refractivity contribution in [3.63, 3.8) is 0 Å². The highest BCUT2D eigenvalue weighted by Crippen LogP contribution is 2.37. The first-order valence-corrected chi connectivity index (χ1v) is 8.79. The van der Waals surface area contributed by atoms with Gasteiger partial charge < -0.3 is 10.2 Å². The third kappa shape index (κ3) is 3.90. The molecule has 6 nitrogen and oxygen atoms in total. The zero-order valence-corrected chi connectivity index (χ0v) is 15.6. The Kier molecular flexibility index (Phi) is 5.02. The largest absolute Gasteiger partial charge is 0.352 e. The molecule has 0 aliphatic heterocycles. The van der Waals surface area contributed by atoms with Crippen LogP contribution in [0.2, 0.25) is 0 Å². The van der Waals surface area contributed by atoms with Crippen LogP contribution in [-0.4, -0.2) is 40.8 Å². The molecule has 0 spiro atoms. The Morgan fingerprint density at radius 3 is 2.46 bits per heavy atom. The second-order valence-corrected chi connectivity index (χ2v) is 7.11. The topological polar surface area (TPSA) is 75.2 Å². The first kappa shape index (κ1) is 18.0. The summed E-state index contributed by atoms with van der Waals surface area (Å²) in [6.07, 6.45) is 2.56. The number of hydrogen-bond donors (Lipinski definition) is 1. The van der Waals surface area contributed by atoms with Gasteiger partial charge in [0.2, 0.25) is 5.91 Å². The maximum absolute atomic E-state index is 12.4. The average Bonchev–Trinajstić information content (AvgIpc) is 3.36. The first-order valence-electron chi connectivity index (χ1n) is 8.79. The fourth-order valence-electron chi connectivity index (χ4n) is 2.88. The molecule has 0 bridgehead atoms. The maximum atomic E-state index is 12.4. The zero-order valence-electron chi connectivity index (χ0n) is 15.6. The minimum atomic E-state index is -0.130. The van der Waals surface area contributed by atoms with Crippen LogP contribution in [0.15, 0.2) is 30.5 Å². The van der Waals surface area contributed by atoms with E-state index in [-0.39, 0.29) is 17.7 Å². The second-order valence-electron chi connectivity index (χ2n) is 7.11. The summed E-state index contributed by atoms with van der Waals surface area (Å²) >= 11 is 0. The van der Waals surface area contributed by atoms with Gasteiger partial charge in [-0.25, -0.2) is 9.97 Å². The monoisotopic (exact) mass is 352 g/mol. The van der Waals surface area contributed by atoms with Gasteiger partial charge in [0.1, 0.15) is 5.82 Å². The van der Waals surface area contributed by atoms with Crippen molar-refractivity contribution in [3.8, 4) is 11.3 Å². The summed E-state index contributed by atoms with van der Waals surface area (Å²) in [6, 6.07) is 7.76. The molecule has 1 aliphatic carbocycles. The standard InChI is InChI=1S/C20H24N4O2/c1-12-9-16(12)19(25)22-10-14-5-7-15(8-6-14)18-17(20(26)24(3)4)11-21-13(2)23-18/h5-8,11-12,16H,9-10H2,1-4H3,(H,22,25). The van der Waals surface area contributed by atoms with Gasteiger partial charge in [-0.2, -0.15) is 0 Å². The van der Waals surface area contributed by atoms with E-state index in [0.717, 1.165) is 17.5 Å². The summed E-state index contributed by atoms with van der Waals surface area (Å²) in [4.78, 5) is 34.5. The van der Waals surface area contributed by atoms with E-state index in [1.54, 1.807) is 27.2 Å². The molecular weight excluding hydrogens is 328 g/mol. The lowest BCUT2D eigenvalue weighted by atomic mass is 10.0. The van der Waals surface area contributed by atoms with Gasteiger partial charge in [-0.15, -0.1) is 0 Å². The number of carbonyl (C=O) groups excluding carboxylic acids is 2. The van der Waals surface area contributed by atoms with Crippen LogP contribution in [0.3, 0.4) is 0 Å². The molecular formula is C20H24N4O2. The first-order chi connectivity index (χ1) is 12.4. The van der Waals surface area contributed by atoms with E-state index in [2.05, 4.69) is 22.2 Å².